The van der Waals surface area contributed by atoms with Gasteiger partial charge in [0.25, 0.3) is 0 Å². The number of ether oxygens (including phenoxy) is 1. The van der Waals surface area contributed by atoms with Crippen molar-refractivity contribution in [2.45, 2.75) is 39.2 Å². The van der Waals surface area contributed by atoms with Crippen molar-refractivity contribution in [3.05, 3.63) is 50.2 Å². The monoisotopic (exact) mass is 288 g/mol. The van der Waals surface area contributed by atoms with Gasteiger partial charge in [-0.25, -0.2) is 0 Å². The number of aliphatic hydroxyl groups excluding tert-OH is 1. The minimum Gasteiger partial charge on any atom is -0.496 e. The van der Waals surface area contributed by atoms with Gasteiger partial charge in [-0.3, -0.25) is 0 Å². The van der Waals surface area contributed by atoms with Gasteiger partial charge in [0.15, 0.2) is 0 Å². The highest BCUT2D eigenvalue weighted by atomic mass is 32.1. The molecule has 1 atom stereocenters. The fraction of sp³-hybridized carbons (Fsp3) is 0.412. The number of methoxy groups -OCH3 is 1. The van der Waals surface area contributed by atoms with E-state index < -0.39 is 6.10 Å². The summed E-state index contributed by atoms with van der Waals surface area (Å²) in [7, 11) is 1.67. The first-order chi connectivity index (χ1) is 9.60. The van der Waals surface area contributed by atoms with Crippen LogP contribution >= 0.6 is 11.3 Å². The number of thiophene rings is 1. The lowest BCUT2D eigenvalue weighted by Gasteiger charge is -2.17. The summed E-state index contributed by atoms with van der Waals surface area (Å²) in [5.41, 5.74) is 4.57. The Kier molecular flexibility index (Phi) is 3.57. The quantitative estimate of drug-likeness (QED) is 0.927. The van der Waals surface area contributed by atoms with E-state index in [0.29, 0.717) is 0 Å². The van der Waals surface area contributed by atoms with E-state index in [1.165, 1.54) is 16.9 Å². The van der Waals surface area contributed by atoms with Gasteiger partial charge in [-0.2, -0.15) is 0 Å². The van der Waals surface area contributed by atoms with E-state index in [1.807, 2.05) is 19.9 Å². The molecule has 2 nitrogen and oxygen atoms in total. The second-order valence-corrected chi connectivity index (χ2v) is 6.72. The van der Waals surface area contributed by atoms with Crippen LogP contribution in [-0.4, -0.2) is 12.2 Å². The Morgan fingerprint density at radius 3 is 2.70 bits per heavy atom. The van der Waals surface area contributed by atoms with Crippen molar-refractivity contribution in [1.29, 1.82) is 0 Å². The molecule has 1 aromatic heterocycles. The van der Waals surface area contributed by atoms with Gasteiger partial charge < -0.3 is 9.84 Å². The van der Waals surface area contributed by atoms with Crippen LogP contribution in [0.3, 0.4) is 0 Å². The summed E-state index contributed by atoms with van der Waals surface area (Å²) in [6.07, 6.45) is 2.99. The van der Waals surface area contributed by atoms with E-state index in [-0.39, 0.29) is 0 Å². The summed E-state index contributed by atoms with van der Waals surface area (Å²) in [6, 6.07) is 6.27. The van der Waals surface area contributed by atoms with Crippen LogP contribution in [0.4, 0.5) is 0 Å². The smallest absolute Gasteiger partial charge is 0.125 e. The maximum absolute atomic E-state index is 10.8. The third-order valence-electron chi connectivity index (χ3n) is 4.02. The van der Waals surface area contributed by atoms with Gasteiger partial charge >= 0.3 is 0 Å². The Morgan fingerprint density at radius 2 is 2.00 bits per heavy atom. The topological polar surface area (TPSA) is 29.5 Å². The second-order valence-electron chi connectivity index (χ2n) is 5.55. The molecule has 0 bridgehead atoms. The molecule has 20 heavy (non-hydrogen) atoms. The highest BCUT2D eigenvalue weighted by Crippen LogP contribution is 2.40. The Labute approximate surface area is 124 Å². The van der Waals surface area contributed by atoms with Crippen molar-refractivity contribution >= 4 is 11.3 Å². The first-order valence-corrected chi connectivity index (χ1v) is 7.86. The van der Waals surface area contributed by atoms with Crippen molar-refractivity contribution < 1.29 is 9.84 Å². The van der Waals surface area contributed by atoms with E-state index >= 15 is 0 Å². The van der Waals surface area contributed by atoms with E-state index in [1.54, 1.807) is 18.4 Å². The van der Waals surface area contributed by atoms with Crippen molar-refractivity contribution in [2.75, 3.05) is 7.11 Å². The SMILES string of the molecule is COc1cc(C)cc(C)c1C(O)c1cc2c(s1)CCC2. The van der Waals surface area contributed by atoms with Crippen LogP contribution in [0.1, 0.15) is 44.5 Å². The van der Waals surface area contributed by atoms with E-state index in [4.69, 9.17) is 4.74 Å². The lowest BCUT2D eigenvalue weighted by molar-refractivity contribution is 0.217. The zero-order chi connectivity index (χ0) is 14.3. The summed E-state index contributed by atoms with van der Waals surface area (Å²) in [4.78, 5) is 2.49. The summed E-state index contributed by atoms with van der Waals surface area (Å²) in [5, 5.41) is 10.8. The van der Waals surface area contributed by atoms with E-state index in [2.05, 4.69) is 12.1 Å². The summed E-state index contributed by atoms with van der Waals surface area (Å²) in [5.74, 6) is 0.781. The number of fused-ring (bicyclic) bond motifs is 1. The standard InChI is InChI=1S/C17H20O2S/c1-10-7-11(2)16(13(8-10)19-3)17(18)15-9-12-5-4-6-14(12)20-15/h7-9,17-18H,4-6H2,1-3H3. The maximum atomic E-state index is 10.8. The van der Waals surface area contributed by atoms with Gasteiger partial charge in [0.1, 0.15) is 11.9 Å². The first-order valence-electron chi connectivity index (χ1n) is 7.05. The zero-order valence-electron chi connectivity index (χ0n) is 12.2. The van der Waals surface area contributed by atoms with Gasteiger partial charge in [-0.05, 0) is 61.9 Å². The molecule has 0 spiro atoms. The minimum atomic E-state index is -0.582. The van der Waals surface area contributed by atoms with Gasteiger partial charge in [-0.1, -0.05) is 6.07 Å². The number of hydrogen-bond donors (Lipinski definition) is 1. The molecule has 0 saturated heterocycles. The van der Waals surface area contributed by atoms with Crippen molar-refractivity contribution in [3.8, 4) is 5.75 Å². The molecule has 106 valence electrons. The molecule has 0 fully saturated rings. The van der Waals surface area contributed by atoms with Crippen LogP contribution in [-0.2, 0) is 12.8 Å². The zero-order valence-corrected chi connectivity index (χ0v) is 13.0. The predicted octanol–water partition coefficient (Wildman–Crippen LogP) is 3.94. The fourth-order valence-electron chi connectivity index (χ4n) is 3.09. The van der Waals surface area contributed by atoms with Gasteiger partial charge in [-0.15, -0.1) is 11.3 Å². The van der Waals surface area contributed by atoms with E-state index in [0.717, 1.165) is 40.2 Å². The van der Waals surface area contributed by atoms with Crippen LogP contribution < -0.4 is 4.74 Å². The average molecular weight is 288 g/mol. The molecule has 1 N–H and O–H groups in total. The molecule has 1 aromatic carbocycles. The number of benzene rings is 1. The van der Waals surface area contributed by atoms with Gasteiger partial charge in [0.05, 0.1) is 7.11 Å². The third-order valence-corrected chi connectivity index (χ3v) is 5.31. The van der Waals surface area contributed by atoms with Crippen LogP contribution in [0.5, 0.6) is 5.75 Å². The summed E-state index contributed by atoms with van der Waals surface area (Å²) < 4.78 is 5.47. The molecule has 0 saturated carbocycles. The Hall–Kier alpha value is -1.32. The van der Waals surface area contributed by atoms with E-state index in [9.17, 15) is 5.11 Å². The lowest BCUT2D eigenvalue weighted by Crippen LogP contribution is -2.04. The molecule has 1 aliphatic rings. The molecular formula is C17H20O2S. The number of hydrogen-bond acceptors (Lipinski definition) is 3. The normalized spacial score (nSPS) is 15.2. The predicted molar refractivity (Wildman–Crippen MR) is 82.9 cm³/mol. The fourth-order valence-corrected chi connectivity index (χ4v) is 4.34. The number of aryl methyl sites for hydroxylation is 4. The Bertz CT molecular complexity index is 621. The second kappa shape index (κ2) is 5.23. The Morgan fingerprint density at radius 1 is 1.20 bits per heavy atom. The van der Waals surface area contributed by atoms with Crippen molar-refractivity contribution in [2.24, 2.45) is 0 Å². The highest BCUT2D eigenvalue weighted by molar-refractivity contribution is 7.12. The molecule has 3 heteroatoms. The molecule has 2 aromatic rings. The highest BCUT2D eigenvalue weighted by Gasteiger charge is 2.23. The molecule has 1 aliphatic carbocycles. The maximum Gasteiger partial charge on any atom is 0.125 e. The van der Waals surface area contributed by atoms with Crippen LogP contribution in [0, 0.1) is 13.8 Å². The van der Waals surface area contributed by atoms with Gasteiger partial charge in [0, 0.05) is 15.3 Å². The van der Waals surface area contributed by atoms with Crippen LogP contribution in [0.2, 0.25) is 0 Å². The number of rotatable bonds is 3. The molecule has 0 aliphatic heterocycles. The van der Waals surface area contributed by atoms with Crippen molar-refractivity contribution in [1.82, 2.24) is 0 Å². The summed E-state index contributed by atoms with van der Waals surface area (Å²) >= 11 is 1.75. The molecule has 0 radical (unpaired) electrons. The molecule has 0 amide bonds. The van der Waals surface area contributed by atoms with Crippen molar-refractivity contribution in [3.63, 3.8) is 0 Å². The Balaban J connectivity index is 2.03. The number of aliphatic hydroxyl groups is 1. The molecule has 1 unspecified atom stereocenters. The average Bonchev–Trinajstić information content (AvgIpc) is 2.97. The molecule has 3 rings (SSSR count). The molecular weight excluding hydrogens is 268 g/mol. The minimum absolute atomic E-state index is 0.582. The third kappa shape index (κ3) is 2.25. The van der Waals surface area contributed by atoms with Crippen LogP contribution in [0.15, 0.2) is 18.2 Å². The lowest BCUT2D eigenvalue weighted by atomic mass is 9.98. The first kappa shape index (κ1) is 13.7. The van der Waals surface area contributed by atoms with Crippen LogP contribution in [0.25, 0.3) is 0 Å². The largest absolute Gasteiger partial charge is 0.496 e. The summed E-state index contributed by atoms with van der Waals surface area (Å²) in [6.45, 7) is 4.08. The molecule has 1 heterocycles. The van der Waals surface area contributed by atoms with Gasteiger partial charge in [0.2, 0.25) is 0 Å².